The zero-order valence-corrected chi connectivity index (χ0v) is 17.4. The van der Waals surface area contributed by atoms with Gasteiger partial charge in [0, 0.05) is 10.7 Å². The zero-order chi connectivity index (χ0) is 18.1. The van der Waals surface area contributed by atoms with Crippen LogP contribution in [0.15, 0.2) is 34.6 Å². The molecule has 2 aromatic rings. The fourth-order valence-corrected chi connectivity index (χ4v) is 8.56. The third-order valence-corrected chi connectivity index (χ3v) is 9.41. The van der Waals surface area contributed by atoms with Gasteiger partial charge in [0.15, 0.2) is 0 Å². The predicted octanol–water partition coefficient (Wildman–Crippen LogP) is 5.93. The highest BCUT2D eigenvalue weighted by Crippen LogP contribution is 2.56. The second-order valence-electron chi connectivity index (χ2n) is 8.66. The van der Waals surface area contributed by atoms with Crippen LogP contribution in [0.3, 0.4) is 0 Å². The smallest absolute Gasteiger partial charge is 0.266 e. The summed E-state index contributed by atoms with van der Waals surface area (Å²) in [5.74, 6) is 3.32. The molecule has 0 radical (unpaired) electrons. The monoisotopic (exact) mass is 411 g/mol. The number of thiophene rings is 1. The second kappa shape index (κ2) is 6.16. The Labute approximate surface area is 173 Å². The molecule has 1 aromatic heterocycles. The van der Waals surface area contributed by atoms with Crippen LogP contribution in [0.5, 0.6) is 0 Å². The van der Waals surface area contributed by atoms with Crippen molar-refractivity contribution in [2.24, 2.45) is 23.7 Å². The molecule has 4 aliphatic carbocycles. The Morgan fingerprint density at radius 2 is 1.74 bits per heavy atom. The van der Waals surface area contributed by atoms with E-state index >= 15 is 0 Å². The van der Waals surface area contributed by atoms with Crippen LogP contribution in [0.2, 0.25) is 0 Å². The van der Waals surface area contributed by atoms with Crippen molar-refractivity contribution in [1.82, 2.24) is 4.90 Å². The zero-order valence-electron chi connectivity index (χ0n) is 15.0. The highest BCUT2D eigenvalue weighted by molar-refractivity contribution is 8.26. The first-order chi connectivity index (χ1) is 13.2. The third-order valence-electron chi connectivity index (χ3n) is 7.10. The van der Waals surface area contributed by atoms with Gasteiger partial charge in [-0.25, -0.2) is 0 Å². The van der Waals surface area contributed by atoms with Gasteiger partial charge in [0.2, 0.25) is 0 Å². The van der Waals surface area contributed by atoms with E-state index in [-0.39, 0.29) is 5.91 Å². The Hall–Kier alpha value is -1.17. The standard InChI is InChI=1S/C22H21NOS3/c24-21-19(10-16-11-26-18-4-2-1-3-17(16)18)27-22(25)23(21)20-14-6-12-5-13(8-14)9-15(20)7-12/h1-4,10-15,20H,5-9H2/b19-10+. The quantitative estimate of drug-likeness (QED) is 0.451. The topological polar surface area (TPSA) is 20.3 Å². The highest BCUT2D eigenvalue weighted by atomic mass is 32.2. The molecule has 1 amide bonds. The van der Waals surface area contributed by atoms with E-state index in [0.29, 0.717) is 17.9 Å². The van der Waals surface area contributed by atoms with E-state index in [1.165, 1.54) is 54.0 Å². The fourth-order valence-electron chi connectivity index (χ4n) is 6.31. The summed E-state index contributed by atoms with van der Waals surface area (Å²) >= 11 is 8.96. The average Bonchev–Trinajstić information content (AvgIpc) is 3.17. The lowest BCUT2D eigenvalue weighted by Crippen LogP contribution is -2.57. The number of carbonyl (C=O) groups is 1. The van der Waals surface area contributed by atoms with E-state index in [0.717, 1.165) is 26.6 Å². The molecule has 7 rings (SSSR count). The van der Waals surface area contributed by atoms with Crippen LogP contribution in [-0.4, -0.2) is 21.2 Å². The lowest BCUT2D eigenvalue weighted by molar-refractivity contribution is -0.130. The number of fused-ring (bicyclic) bond motifs is 1. The van der Waals surface area contributed by atoms with Crippen molar-refractivity contribution in [2.75, 3.05) is 0 Å². The van der Waals surface area contributed by atoms with Crippen molar-refractivity contribution < 1.29 is 4.79 Å². The molecular formula is C22H21NOS3. The fraction of sp³-hybridized carbons (Fsp3) is 0.455. The number of thiocarbonyl (C=S) groups is 1. The van der Waals surface area contributed by atoms with Crippen LogP contribution in [0, 0.1) is 23.7 Å². The van der Waals surface area contributed by atoms with Crippen LogP contribution in [-0.2, 0) is 4.79 Å². The number of benzene rings is 1. The highest BCUT2D eigenvalue weighted by Gasteiger charge is 2.53. The minimum absolute atomic E-state index is 0.151. The Morgan fingerprint density at radius 1 is 1.04 bits per heavy atom. The molecule has 5 aliphatic rings. The Kier molecular flexibility index (Phi) is 3.82. The minimum atomic E-state index is 0.151. The lowest BCUT2D eigenvalue weighted by atomic mass is 9.54. The van der Waals surface area contributed by atoms with E-state index < -0.39 is 0 Å². The van der Waals surface area contributed by atoms with E-state index in [2.05, 4.69) is 35.7 Å². The minimum Gasteiger partial charge on any atom is -0.289 e. The normalized spacial score (nSPS) is 36.5. The van der Waals surface area contributed by atoms with Gasteiger partial charge in [0.05, 0.1) is 4.91 Å². The van der Waals surface area contributed by atoms with Crippen LogP contribution >= 0.6 is 35.3 Å². The molecular weight excluding hydrogens is 390 g/mol. The summed E-state index contributed by atoms with van der Waals surface area (Å²) in [4.78, 5) is 16.2. The molecule has 5 fully saturated rings. The van der Waals surface area contributed by atoms with E-state index in [4.69, 9.17) is 12.2 Å². The first kappa shape index (κ1) is 16.8. The predicted molar refractivity (Wildman–Crippen MR) is 118 cm³/mol. The van der Waals surface area contributed by atoms with Gasteiger partial charge in [0.25, 0.3) is 5.91 Å². The summed E-state index contributed by atoms with van der Waals surface area (Å²) in [7, 11) is 0. The lowest BCUT2D eigenvalue weighted by Gasteiger charge is -2.56. The largest absolute Gasteiger partial charge is 0.289 e. The Balaban J connectivity index is 1.33. The van der Waals surface area contributed by atoms with Crippen molar-refractivity contribution in [3.05, 3.63) is 40.1 Å². The molecule has 5 heteroatoms. The van der Waals surface area contributed by atoms with Gasteiger partial charge in [-0.2, -0.15) is 0 Å². The molecule has 4 saturated carbocycles. The van der Waals surface area contributed by atoms with Gasteiger partial charge in [-0.3, -0.25) is 9.69 Å². The summed E-state index contributed by atoms with van der Waals surface area (Å²) in [6, 6.07) is 8.75. The SMILES string of the molecule is O=C1/C(=C\c2csc3ccccc23)SC(=S)N1C1C2CC3CC(C2)CC1C3. The number of rotatable bonds is 2. The van der Waals surface area contributed by atoms with E-state index in [1.807, 2.05) is 4.90 Å². The van der Waals surface area contributed by atoms with Gasteiger partial charge in [-0.15, -0.1) is 11.3 Å². The number of nitrogens with zero attached hydrogens (tertiary/aromatic N) is 1. The number of hydrogen-bond donors (Lipinski definition) is 0. The molecule has 2 nitrogen and oxygen atoms in total. The summed E-state index contributed by atoms with van der Waals surface area (Å²) < 4.78 is 2.04. The van der Waals surface area contributed by atoms with Crippen LogP contribution < -0.4 is 0 Å². The molecule has 0 N–H and O–H groups in total. The number of thioether (sulfide) groups is 1. The van der Waals surface area contributed by atoms with Crippen molar-refractivity contribution in [3.8, 4) is 0 Å². The summed E-state index contributed by atoms with van der Waals surface area (Å²) in [6.45, 7) is 0. The number of carbonyl (C=O) groups excluding carboxylic acids is 1. The van der Waals surface area contributed by atoms with Gasteiger partial charge < -0.3 is 0 Å². The summed E-state index contributed by atoms with van der Waals surface area (Å²) in [5.41, 5.74) is 1.14. The summed E-state index contributed by atoms with van der Waals surface area (Å²) in [6.07, 6.45) is 8.73. The molecule has 0 unspecified atom stereocenters. The molecule has 4 bridgehead atoms. The first-order valence-corrected chi connectivity index (χ1v) is 12.0. The number of hydrogen-bond acceptors (Lipinski definition) is 4. The van der Waals surface area contributed by atoms with Gasteiger partial charge in [-0.1, -0.05) is 42.2 Å². The van der Waals surface area contributed by atoms with Crippen LogP contribution in [0.1, 0.15) is 37.7 Å². The second-order valence-corrected chi connectivity index (χ2v) is 11.2. The molecule has 1 aromatic carbocycles. The maximum absolute atomic E-state index is 13.4. The molecule has 1 saturated heterocycles. The summed E-state index contributed by atoms with van der Waals surface area (Å²) in [5, 5.41) is 3.38. The molecule has 0 atom stereocenters. The molecule has 0 spiro atoms. The van der Waals surface area contributed by atoms with Gasteiger partial charge in [0.1, 0.15) is 4.32 Å². The van der Waals surface area contributed by atoms with E-state index in [9.17, 15) is 4.79 Å². The number of amides is 1. The Morgan fingerprint density at radius 3 is 2.48 bits per heavy atom. The maximum Gasteiger partial charge on any atom is 0.266 e. The van der Waals surface area contributed by atoms with Crippen molar-refractivity contribution in [1.29, 1.82) is 0 Å². The maximum atomic E-state index is 13.4. The van der Waals surface area contributed by atoms with Crippen LogP contribution in [0.25, 0.3) is 16.2 Å². The van der Waals surface area contributed by atoms with Gasteiger partial charge in [-0.05, 0) is 84.2 Å². The van der Waals surface area contributed by atoms with Gasteiger partial charge >= 0.3 is 0 Å². The average molecular weight is 412 g/mol. The molecule has 138 valence electrons. The van der Waals surface area contributed by atoms with E-state index in [1.54, 1.807) is 11.3 Å². The first-order valence-electron chi connectivity index (χ1n) is 9.90. The van der Waals surface area contributed by atoms with Crippen molar-refractivity contribution in [2.45, 2.75) is 38.1 Å². The third kappa shape index (κ3) is 2.58. The molecule has 1 aliphatic heterocycles. The Bertz CT molecular complexity index is 962. The molecule has 2 heterocycles. The van der Waals surface area contributed by atoms with Crippen molar-refractivity contribution >= 4 is 61.7 Å². The van der Waals surface area contributed by atoms with Crippen LogP contribution in [0.4, 0.5) is 0 Å². The molecule has 27 heavy (non-hydrogen) atoms. The van der Waals surface area contributed by atoms with Crippen molar-refractivity contribution in [3.63, 3.8) is 0 Å².